The SMILES string of the molecule is Cc1noc(C)c1S(=O)(=O)N[C@@H](C)C(=O)NC1CCCC1. The second-order valence-electron chi connectivity index (χ2n) is 5.49. The van der Waals surface area contributed by atoms with Gasteiger partial charge in [0.15, 0.2) is 5.76 Å². The molecule has 1 fully saturated rings. The van der Waals surface area contributed by atoms with Crippen LogP contribution in [0, 0.1) is 13.8 Å². The van der Waals surface area contributed by atoms with Crippen molar-refractivity contribution in [3.05, 3.63) is 11.5 Å². The van der Waals surface area contributed by atoms with Crippen LogP contribution in [0.15, 0.2) is 9.42 Å². The molecule has 2 rings (SSSR count). The minimum absolute atomic E-state index is 0.00279. The third-order valence-electron chi connectivity index (χ3n) is 3.66. The highest BCUT2D eigenvalue weighted by Crippen LogP contribution is 2.20. The van der Waals surface area contributed by atoms with E-state index in [0.717, 1.165) is 25.7 Å². The average Bonchev–Trinajstić information content (AvgIpc) is 2.99. The highest BCUT2D eigenvalue weighted by molar-refractivity contribution is 7.89. The zero-order chi connectivity index (χ0) is 15.6. The molecule has 1 saturated carbocycles. The molecule has 1 heterocycles. The lowest BCUT2D eigenvalue weighted by Crippen LogP contribution is -2.47. The number of sulfonamides is 1. The Bertz CT molecular complexity index is 598. The van der Waals surface area contributed by atoms with Crippen LogP contribution in [0.1, 0.15) is 44.1 Å². The summed E-state index contributed by atoms with van der Waals surface area (Å²) in [5.41, 5.74) is 0.281. The zero-order valence-electron chi connectivity index (χ0n) is 12.5. The second kappa shape index (κ2) is 6.15. The summed E-state index contributed by atoms with van der Waals surface area (Å²) in [6.07, 6.45) is 4.11. The molecule has 1 aromatic heterocycles. The summed E-state index contributed by atoms with van der Waals surface area (Å²) in [5.74, 6) is -0.0966. The number of amides is 1. The monoisotopic (exact) mass is 315 g/mol. The molecule has 118 valence electrons. The predicted molar refractivity (Wildman–Crippen MR) is 76.2 cm³/mol. The Morgan fingerprint density at radius 1 is 1.33 bits per heavy atom. The van der Waals surface area contributed by atoms with Gasteiger partial charge in [-0.3, -0.25) is 4.79 Å². The molecular weight excluding hydrogens is 294 g/mol. The molecule has 8 heteroatoms. The molecule has 0 bridgehead atoms. The Labute approximate surface area is 124 Å². The van der Waals surface area contributed by atoms with Crippen LogP contribution in [-0.4, -0.2) is 31.6 Å². The van der Waals surface area contributed by atoms with E-state index in [0.29, 0.717) is 0 Å². The van der Waals surface area contributed by atoms with E-state index in [-0.39, 0.29) is 28.3 Å². The molecular formula is C13H21N3O4S. The van der Waals surface area contributed by atoms with Gasteiger partial charge in [-0.1, -0.05) is 18.0 Å². The number of nitrogens with zero attached hydrogens (tertiary/aromatic N) is 1. The largest absolute Gasteiger partial charge is 0.360 e. The second-order valence-corrected chi connectivity index (χ2v) is 7.14. The van der Waals surface area contributed by atoms with E-state index < -0.39 is 16.1 Å². The number of rotatable bonds is 5. The number of carbonyl (C=O) groups is 1. The maximum Gasteiger partial charge on any atom is 0.246 e. The van der Waals surface area contributed by atoms with Crippen LogP contribution in [0.5, 0.6) is 0 Å². The fraction of sp³-hybridized carbons (Fsp3) is 0.692. The summed E-state index contributed by atoms with van der Waals surface area (Å²) in [4.78, 5) is 12.0. The maximum atomic E-state index is 12.3. The van der Waals surface area contributed by atoms with Gasteiger partial charge in [0.1, 0.15) is 10.6 Å². The molecule has 1 amide bonds. The molecule has 7 nitrogen and oxygen atoms in total. The Hall–Kier alpha value is -1.41. The maximum absolute atomic E-state index is 12.3. The number of hydrogen-bond donors (Lipinski definition) is 2. The Kier molecular flexibility index (Phi) is 4.67. The van der Waals surface area contributed by atoms with Gasteiger partial charge in [0.25, 0.3) is 0 Å². The molecule has 1 atom stereocenters. The van der Waals surface area contributed by atoms with E-state index in [1.807, 2.05) is 0 Å². The first kappa shape index (κ1) is 16.0. The lowest BCUT2D eigenvalue weighted by atomic mass is 10.2. The lowest BCUT2D eigenvalue weighted by molar-refractivity contribution is -0.123. The molecule has 1 aliphatic carbocycles. The molecule has 0 saturated heterocycles. The van der Waals surface area contributed by atoms with E-state index in [1.54, 1.807) is 6.92 Å². The Balaban J connectivity index is 2.04. The van der Waals surface area contributed by atoms with Crippen LogP contribution in [0.4, 0.5) is 0 Å². The van der Waals surface area contributed by atoms with Gasteiger partial charge in [0, 0.05) is 6.04 Å². The van der Waals surface area contributed by atoms with Crippen LogP contribution < -0.4 is 10.0 Å². The Morgan fingerprint density at radius 2 is 1.95 bits per heavy atom. The average molecular weight is 315 g/mol. The van der Waals surface area contributed by atoms with Gasteiger partial charge in [-0.05, 0) is 33.6 Å². The van der Waals surface area contributed by atoms with E-state index in [1.165, 1.54) is 13.8 Å². The van der Waals surface area contributed by atoms with Crippen LogP contribution in [0.3, 0.4) is 0 Å². The first-order valence-electron chi connectivity index (χ1n) is 7.07. The fourth-order valence-corrected chi connectivity index (χ4v) is 4.13. The van der Waals surface area contributed by atoms with Gasteiger partial charge in [0.05, 0.1) is 6.04 Å². The summed E-state index contributed by atoms with van der Waals surface area (Å²) >= 11 is 0. The number of aryl methyl sites for hydroxylation is 2. The highest BCUT2D eigenvalue weighted by Gasteiger charge is 2.29. The molecule has 0 aliphatic heterocycles. The molecule has 0 spiro atoms. The van der Waals surface area contributed by atoms with E-state index >= 15 is 0 Å². The van der Waals surface area contributed by atoms with Gasteiger partial charge >= 0.3 is 0 Å². The van der Waals surface area contributed by atoms with Crippen LogP contribution in [0.2, 0.25) is 0 Å². The summed E-state index contributed by atoms with van der Waals surface area (Å²) in [6, 6.07) is -0.687. The van der Waals surface area contributed by atoms with Crippen molar-refractivity contribution in [1.82, 2.24) is 15.2 Å². The van der Waals surface area contributed by atoms with Crippen molar-refractivity contribution in [1.29, 1.82) is 0 Å². The quantitative estimate of drug-likeness (QED) is 0.844. The molecule has 0 unspecified atom stereocenters. The number of nitrogens with one attached hydrogen (secondary N) is 2. The van der Waals surface area contributed by atoms with E-state index in [2.05, 4.69) is 15.2 Å². The fourth-order valence-electron chi connectivity index (χ4n) is 2.60. The van der Waals surface area contributed by atoms with Gasteiger partial charge in [-0.2, -0.15) is 4.72 Å². The normalized spacial score (nSPS) is 17.9. The standard InChI is InChI=1S/C13H21N3O4S/c1-8-12(10(3)20-15-8)21(18,19)16-9(2)13(17)14-11-6-4-5-7-11/h9,11,16H,4-7H2,1-3H3,(H,14,17)/t9-/m0/s1. The first-order valence-corrected chi connectivity index (χ1v) is 8.55. The third kappa shape index (κ3) is 3.62. The minimum atomic E-state index is -3.82. The van der Waals surface area contributed by atoms with Crippen molar-refractivity contribution in [2.24, 2.45) is 0 Å². The number of aromatic nitrogens is 1. The van der Waals surface area contributed by atoms with Crippen molar-refractivity contribution < 1.29 is 17.7 Å². The van der Waals surface area contributed by atoms with Crippen molar-refractivity contribution in [2.45, 2.75) is 63.4 Å². The van der Waals surface area contributed by atoms with Crippen molar-refractivity contribution in [3.8, 4) is 0 Å². The van der Waals surface area contributed by atoms with E-state index in [4.69, 9.17) is 4.52 Å². The molecule has 1 aliphatic rings. The van der Waals surface area contributed by atoms with Crippen molar-refractivity contribution in [3.63, 3.8) is 0 Å². The smallest absolute Gasteiger partial charge is 0.246 e. The molecule has 0 radical (unpaired) electrons. The summed E-state index contributed by atoms with van der Waals surface area (Å²) < 4.78 is 31.8. The molecule has 21 heavy (non-hydrogen) atoms. The van der Waals surface area contributed by atoms with Crippen LogP contribution in [0.25, 0.3) is 0 Å². The van der Waals surface area contributed by atoms with Gasteiger partial charge in [-0.15, -0.1) is 0 Å². The van der Waals surface area contributed by atoms with Crippen LogP contribution >= 0.6 is 0 Å². The number of hydrogen-bond acceptors (Lipinski definition) is 5. The summed E-state index contributed by atoms with van der Waals surface area (Å²) in [7, 11) is -3.82. The highest BCUT2D eigenvalue weighted by atomic mass is 32.2. The predicted octanol–water partition coefficient (Wildman–Crippen LogP) is 1.02. The van der Waals surface area contributed by atoms with Gasteiger partial charge in [-0.25, -0.2) is 8.42 Å². The third-order valence-corrected chi connectivity index (χ3v) is 5.45. The number of carbonyl (C=O) groups excluding carboxylic acids is 1. The lowest BCUT2D eigenvalue weighted by Gasteiger charge is -2.17. The molecule has 2 N–H and O–H groups in total. The van der Waals surface area contributed by atoms with Crippen LogP contribution in [-0.2, 0) is 14.8 Å². The van der Waals surface area contributed by atoms with Gasteiger partial charge < -0.3 is 9.84 Å². The minimum Gasteiger partial charge on any atom is -0.360 e. The molecule has 0 aromatic carbocycles. The summed E-state index contributed by atoms with van der Waals surface area (Å²) in [5, 5.41) is 6.49. The zero-order valence-corrected chi connectivity index (χ0v) is 13.3. The topological polar surface area (TPSA) is 101 Å². The van der Waals surface area contributed by atoms with Gasteiger partial charge in [0.2, 0.25) is 15.9 Å². The Morgan fingerprint density at radius 3 is 2.48 bits per heavy atom. The van der Waals surface area contributed by atoms with Crippen molar-refractivity contribution in [2.75, 3.05) is 0 Å². The first-order chi connectivity index (χ1) is 9.81. The van der Waals surface area contributed by atoms with Crippen molar-refractivity contribution >= 4 is 15.9 Å². The van der Waals surface area contributed by atoms with E-state index in [9.17, 15) is 13.2 Å². The summed E-state index contributed by atoms with van der Waals surface area (Å²) in [6.45, 7) is 4.60. The molecule has 1 aromatic rings.